The number of esters is 1. The van der Waals surface area contributed by atoms with Crippen molar-refractivity contribution in [2.45, 2.75) is 43.5 Å². The van der Waals surface area contributed by atoms with Gasteiger partial charge in [-0.2, -0.15) is 4.31 Å². The van der Waals surface area contributed by atoms with E-state index in [1.54, 1.807) is 36.9 Å². The lowest BCUT2D eigenvalue weighted by Gasteiger charge is -2.35. The van der Waals surface area contributed by atoms with Gasteiger partial charge in [0.2, 0.25) is 21.7 Å². The van der Waals surface area contributed by atoms with E-state index >= 15 is 0 Å². The van der Waals surface area contributed by atoms with Gasteiger partial charge in [-0.15, -0.1) is 0 Å². The summed E-state index contributed by atoms with van der Waals surface area (Å²) in [5.41, 5.74) is 2.43. The number of halogens is 1. The molecule has 0 spiro atoms. The maximum Gasteiger partial charge on any atom is 0.338 e. The van der Waals surface area contributed by atoms with Gasteiger partial charge in [0, 0.05) is 63.0 Å². The fourth-order valence-electron chi connectivity index (χ4n) is 4.92. The van der Waals surface area contributed by atoms with Gasteiger partial charge in [-0.25, -0.2) is 13.2 Å². The van der Waals surface area contributed by atoms with E-state index in [4.69, 9.17) is 21.1 Å². The van der Waals surface area contributed by atoms with E-state index in [0.29, 0.717) is 49.9 Å². The van der Waals surface area contributed by atoms with Crippen molar-refractivity contribution in [2.75, 3.05) is 42.5 Å². The summed E-state index contributed by atoms with van der Waals surface area (Å²) in [5.74, 6) is -1.86. The summed E-state index contributed by atoms with van der Waals surface area (Å²) < 4.78 is 38.9. The Morgan fingerprint density at radius 3 is 2.50 bits per heavy atom. The molecule has 3 aliphatic heterocycles. The molecule has 0 bridgehead atoms. The molecule has 192 valence electrons. The third kappa shape index (κ3) is 4.82. The van der Waals surface area contributed by atoms with Crippen LogP contribution in [0.4, 0.5) is 11.4 Å². The largest absolute Gasteiger partial charge is 0.432 e. The van der Waals surface area contributed by atoms with Crippen LogP contribution in [-0.2, 0) is 35.5 Å². The second-order valence-corrected chi connectivity index (χ2v) is 12.0. The zero-order chi connectivity index (χ0) is 25.7. The molecule has 1 amide bonds. The molecule has 0 aromatic heterocycles. The van der Waals surface area contributed by atoms with Gasteiger partial charge in [-0.3, -0.25) is 4.79 Å². The Kier molecular flexibility index (Phi) is 6.48. The van der Waals surface area contributed by atoms with Crippen LogP contribution in [0.1, 0.15) is 25.8 Å². The molecule has 1 atom stereocenters. The van der Waals surface area contributed by atoms with E-state index in [0.717, 1.165) is 11.3 Å². The Bertz CT molecular complexity index is 1310. The highest BCUT2D eigenvalue weighted by Gasteiger charge is 2.43. The van der Waals surface area contributed by atoms with Crippen molar-refractivity contribution in [1.29, 1.82) is 0 Å². The highest BCUT2D eigenvalue weighted by Crippen LogP contribution is 2.33. The molecule has 5 rings (SSSR count). The molecule has 1 unspecified atom stereocenters. The first-order valence-corrected chi connectivity index (χ1v) is 13.7. The third-order valence-electron chi connectivity index (χ3n) is 6.69. The zero-order valence-electron chi connectivity index (χ0n) is 20.1. The predicted molar refractivity (Wildman–Crippen MR) is 135 cm³/mol. The molecule has 11 heteroatoms. The number of hydrogen-bond donors (Lipinski definition) is 0. The molecular formula is C25H28ClN3O6S. The number of amides is 1. The summed E-state index contributed by atoms with van der Waals surface area (Å²) in [7, 11) is -3.68. The Hall–Kier alpha value is -2.66. The fourth-order valence-corrected chi connectivity index (χ4v) is 6.58. The minimum Gasteiger partial charge on any atom is -0.432 e. The van der Waals surface area contributed by atoms with Crippen LogP contribution in [0.3, 0.4) is 0 Å². The zero-order valence-corrected chi connectivity index (χ0v) is 21.7. The summed E-state index contributed by atoms with van der Waals surface area (Å²) in [5, 5.41) is 0.646. The predicted octanol–water partition coefficient (Wildman–Crippen LogP) is 2.81. The summed E-state index contributed by atoms with van der Waals surface area (Å²) in [4.78, 5) is 28.8. The van der Waals surface area contributed by atoms with Crippen LogP contribution in [0.25, 0.3) is 0 Å². The molecule has 3 heterocycles. The van der Waals surface area contributed by atoms with Crippen molar-refractivity contribution in [2.24, 2.45) is 0 Å². The maximum absolute atomic E-state index is 13.4. The number of ether oxygens (including phenoxy) is 2. The summed E-state index contributed by atoms with van der Waals surface area (Å²) >= 11 is 6.10. The van der Waals surface area contributed by atoms with Crippen molar-refractivity contribution < 1.29 is 27.5 Å². The lowest BCUT2D eigenvalue weighted by atomic mass is 10.1. The maximum atomic E-state index is 13.4. The Morgan fingerprint density at radius 1 is 1.08 bits per heavy atom. The van der Waals surface area contributed by atoms with Gasteiger partial charge >= 0.3 is 5.97 Å². The Morgan fingerprint density at radius 2 is 1.83 bits per heavy atom. The van der Waals surface area contributed by atoms with Crippen molar-refractivity contribution in [3.8, 4) is 0 Å². The van der Waals surface area contributed by atoms with Gasteiger partial charge in [-0.05, 0) is 48.4 Å². The fraction of sp³-hybridized carbons (Fsp3) is 0.440. The van der Waals surface area contributed by atoms with Crippen LogP contribution in [0.15, 0.2) is 47.4 Å². The SMILES string of the molecule is CC1(C)OC(=O)C(CC(=O)N2CCc3cc(S(=O)(=O)N4CCN(c5cccc(Cl)c5)CC4)ccc32)O1. The van der Waals surface area contributed by atoms with E-state index in [1.807, 2.05) is 24.3 Å². The first-order valence-electron chi connectivity index (χ1n) is 11.9. The van der Waals surface area contributed by atoms with Gasteiger partial charge in [-0.1, -0.05) is 17.7 Å². The number of rotatable bonds is 5. The topological polar surface area (TPSA) is 96.5 Å². The molecule has 36 heavy (non-hydrogen) atoms. The quantitative estimate of drug-likeness (QED) is 0.545. The second-order valence-electron chi connectivity index (χ2n) is 9.59. The number of nitrogens with zero attached hydrogens (tertiary/aromatic N) is 3. The smallest absolute Gasteiger partial charge is 0.338 e. The summed E-state index contributed by atoms with van der Waals surface area (Å²) in [6.07, 6.45) is -0.533. The highest BCUT2D eigenvalue weighted by molar-refractivity contribution is 7.89. The molecule has 9 nitrogen and oxygen atoms in total. The third-order valence-corrected chi connectivity index (χ3v) is 8.82. The molecule has 2 aromatic rings. The van der Waals surface area contributed by atoms with Crippen molar-refractivity contribution in [1.82, 2.24) is 4.31 Å². The number of piperazine rings is 1. The van der Waals surface area contributed by atoms with E-state index in [9.17, 15) is 18.0 Å². The normalized spacial score (nSPS) is 22.0. The van der Waals surface area contributed by atoms with Crippen LogP contribution in [-0.4, -0.2) is 69.2 Å². The summed E-state index contributed by atoms with van der Waals surface area (Å²) in [6.45, 7) is 5.53. The standard InChI is InChI=1S/C25H28ClN3O6S/c1-25(2)34-22(24(31)35-25)16-23(30)29-9-8-17-14-20(6-7-21(17)29)36(32,33)28-12-10-27(11-13-28)19-5-3-4-18(26)15-19/h3-7,14-15,22H,8-13,16H2,1-2H3. The summed E-state index contributed by atoms with van der Waals surface area (Å²) in [6, 6.07) is 12.4. The lowest BCUT2D eigenvalue weighted by Crippen LogP contribution is -2.48. The highest BCUT2D eigenvalue weighted by atomic mass is 35.5. The molecule has 2 saturated heterocycles. The number of benzene rings is 2. The van der Waals surface area contributed by atoms with Gasteiger partial charge in [0.05, 0.1) is 11.3 Å². The molecule has 2 aromatic carbocycles. The van der Waals surface area contributed by atoms with Crippen LogP contribution in [0.5, 0.6) is 0 Å². The van der Waals surface area contributed by atoms with E-state index in [-0.39, 0.29) is 17.2 Å². The first-order chi connectivity index (χ1) is 17.0. The minimum absolute atomic E-state index is 0.126. The number of cyclic esters (lactones) is 1. The second kappa shape index (κ2) is 9.33. The molecular weight excluding hydrogens is 506 g/mol. The molecule has 0 radical (unpaired) electrons. The molecule has 3 aliphatic rings. The lowest BCUT2D eigenvalue weighted by molar-refractivity contribution is -0.160. The van der Waals surface area contributed by atoms with Crippen molar-refractivity contribution >= 4 is 44.9 Å². The number of carbonyl (C=O) groups excluding carboxylic acids is 2. The number of carbonyl (C=O) groups is 2. The number of fused-ring (bicyclic) bond motifs is 1. The van der Waals surface area contributed by atoms with Crippen LogP contribution < -0.4 is 9.80 Å². The van der Waals surface area contributed by atoms with Gasteiger partial charge in [0.1, 0.15) is 0 Å². The van der Waals surface area contributed by atoms with Gasteiger partial charge in [0.25, 0.3) is 0 Å². The Balaban J connectivity index is 1.26. The van der Waals surface area contributed by atoms with Gasteiger partial charge < -0.3 is 19.3 Å². The molecule has 0 aliphatic carbocycles. The average Bonchev–Trinajstić information content (AvgIpc) is 3.37. The van der Waals surface area contributed by atoms with E-state index in [2.05, 4.69) is 4.90 Å². The average molecular weight is 534 g/mol. The van der Waals surface area contributed by atoms with Crippen molar-refractivity contribution in [3.63, 3.8) is 0 Å². The first kappa shape index (κ1) is 25.0. The Labute approximate surface area is 215 Å². The number of hydrogen-bond acceptors (Lipinski definition) is 7. The molecule has 0 N–H and O–H groups in total. The van der Waals surface area contributed by atoms with Crippen LogP contribution in [0.2, 0.25) is 5.02 Å². The monoisotopic (exact) mass is 533 g/mol. The molecule has 0 saturated carbocycles. The van der Waals surface area contributed by atoms with Gasteiger partial charge in [0.15, 0.2) is 6.10 Å². The van der Waals surface area contributed by atoms with E-state index < -0.39 is 27.9 Å². The van der Waals surface area contributed by atoms with Crippen LogP contribution >= 0.6 is 11.6 Å². The van der Waals surface area contributed by atoms with Crippen LogP contribution in [0, 0.1) is 0 Å². The van der Waals surface area contributed by atoms with Crippen molar-refractivity contribution in [3.05, 3.63) is 53.1 Å². The van der Waals surface area contributed by atoms with E-state index in [1.165, 1.54) is 4.31 Å². The molecule has 2 fully saturated rings. The number of anilines is 2. The number of sulfonamides is 1. The minimum atomic E-state index is -3.68.